The summed E-state index contributed by atoms with van der Waals surface area (Å²) < 4.78 is 14.0. The van der Waals surface area contributed by atoms with Gasteiger partial charge in [-0.1, -0.05) is 6.07 Å². The molecule has 0 aliphatic rings. The number of fused-ring (bicyclic) bond motifs is 2. The van der Waals surface area contributed by atoms with E-state index in [-0.39, 0.29) is 5.82 Å². The van der Waals surface area contributed by atoms with Gasteiger partial charge in [0, 0.05) is 35.1 Å². The van der Waals surface area contributed by atoms with Gasteiger partial charge in [0.15, 0.2) is 11.5 Å². The van der Waals surface area contributed by atoms with Gasteiger partial charge in [-0.3, -0.25) is 15.1 Å². The topological polar surface area (TPSA) is 96.0 Å². The Balaban J connectivity index is 1.52. The van der Waals surface area contributed by atoms with Crippen molar-refractivity contribution in [2.45, 2.75) is 6.92 Å². The third kappa shape index (κ3) is 3.01. The van der Waals surface area contributed by atoms with Crippen molar-refractivity contribution in [3.05, 3.63) is 78.6 Å². The molecule has 154 valence electrons. The average molecular weight is 421 g/mol. The molecule has 0 saturated heterocycles. The van der Waals surface area contributed by atoms with Crippen LogP contribution in [0.25, 0.3) is 56.0 Å². The van der Waals surface area contributed by atoms with Gasteiger partial charge in [-0.2, -0.15) is 5.10 Å². The molecule has 0 fully saturated rings. The van der Waals surface area contributed by atoms with E-state index in [1.165, 1.54) is 12.1 Å². The summed E-state index contributed by atoms with van der Waals surface area (Å²) in [6, 6.07) is 12.6. The third-order valence-electron chi connectivity index (χ3n) is 5.37. The number of aromatic nitrogens is 7. The number of hydrogen-bond donors (Lipinski definition) is 2. The Morgan fingerprint density at radius 1 is 0.938 bits per heavy atom. The van der Waals surface area contributed by atoms with Crippen LogP contribution in [0.15, 0.2) is 67.3 Å². The predicted molar refractivity (Wildman–Crippen MR) is 120 cm³/mol. The van der Waals surface area contributed by atoms with Crippen molar-refractivity contribution in [2.75, 3.05) is 0 Å². The molecule has 0 spiro atoms. The van der Waals surface area contributed by atoms with Gasteiger partial charge >= 0.3 is 0 Å². The van der Waals surface area contributed by atoms with Gasteiger partial charge in [-0.15, -0.1) is 0 Å². The molecule has 0 amide bonds. The van der Waals surface area contributed by atoms with Crippen LogP contribution in [0.4, 0.5) is 4.39 Å². The summed E-state index contributed by atoms with van der Waals surface area (Å²) in [5.41, 5.74) is 6.86. The van der Waals surface area contributed by atoms with Crippen LogP contribution in [0.3, 0.4) is 0 Å². The van der Waals surface area contributed by atoms with Crippen molar-refractivity contribution in [1.82, 2.24) is 35.1 Å². The number of aromatic amines is 2. The molecule has 0 saturated carbocycles. The van der Waals surface area contributed by atoms with E-state index in [4.69, 9.17) is 0 Å². The third-order valence-corrected chi connectivity index (χ3v) is 5.37. The van der Waals surface area contributed by atoms with E-state index in [9.17, 15) is 4.39 Å². The van der Waals surface area contributed by atoms with E-state index in [2.05, 4.69) is 35.1 Å². The molecule has 0 unspecified atom stereocenters. The number of pyridine rings is 3. The molecule has 32 heavy (non-hydrogen) atoms. The second-order valence-electron chi connectivity index (χ2n) is 7.59. The molecule has 7 nitrogen and oxygen atoms in total. The maximum atomic E-state index is 14.0. The highest BCUT2D eigenvalue weighted by atomic mass is 19.1. The Morgan fingerprint density at radius 2 is 1.88 bits per heavy atom. The number of H-pyrrole nitrogens is 2. The van der Waals surface area contributed by atoms with Crippen LogP contribution in [0.5, 0.6) is 0 Å². The molecule has 1 aromatic carbocycles. The van der Waals surface area contributed by atoms with Gasteiger partial charge in [0.1, 0.15) is 11.5 Å². The fourth-order valence-electron chi connectivity index (χ4n) is 3.92. The van der Waals surface area contributed by atoms with Gasteiger partial charge in [-0.05, 0) is 54.4 Å². The second kappa shape index (κ2) is 7.05. The number of nitrogens with one attached hydrogen (secondary N) is 2. The minimum Gasteiger partial charge on any atom is -0.335 e. The number of hydrogen-bond acceptors (Lipinski definition) is 5. The summed E-state index contributed by atoms with van der Waals surface area (Å²) in [5.74, 6) is 0.293. The number of rotatable bonds is 3. The summed E-state index contributed by atoms with van der Waals surface area (Å²) in [5, 5.41) is 8.35. The van der Waals surface area contributed by atoms with Crippen LogP contribution in [-0.4, -0.2) is 35.1 Å². The minimum atomic E-state index is -0.279. The van der Waals surface area contributed by atoms with Gasteiger partial charge in [0.2, 0.25) is 0 Å². The highest BCUT2D eigenvalue weighted by molar-refractivity contribution is 5.96. The molecule has 8 heteroatoms. The monoisotopic (exact) mass is 421 g/mol. The number of aryl methyl sites for hydroxylation is 1. The minimum absolute atomic E-state index is 0.279. The molecule has 5 aromatic heterocycles. The summed E-state index contributed by atoms with van der Waals surface area (Å²) in [7, 11) is 0. The molecule has 0 radical (unpaired) electrons. The lowest BCUT2D eigenvalue weighted by molar-refractivity contribution is 0.627. The van der Waals surface area contributed by atoms with E-state index in [0.717, 1.165) is 44.4 Å². The first-order chi connectivity index (χ1) is 15.7. The predicted octanol–water partition coefficient (Wildman–Crippen LogP) is 5.07. The van der Waals surface area contributed by atoms with E-state index in [1.54, 1.807) is 24.8 Å². The molecular formula is C24H16FN7. The molecule has 6 rings (SSSR count). The van der Waals surface area contributed by atoms with E-state index in [1.807, 2.05) is 37.3 Å². The lowest BCUT2D eigenvalue weighted by atomic mass is 10.0. The largest absolute Gasteiger partial charge is 0.335 e. The Hall–Kier alpha value is -4.46. The first-order valence-corrected chi connectivity index (χ1v) is 10.0. The van der Waals surface area contributed by atoms with Crippen molar-refractivity contribution in [3.63, 3.8) is 0 Å². The van der Waals surface area contributed by atoms with E-state index < -0.39 is 0 Å². The molecule has 0 atom stereocenters. The van der Waals surface area contributed by atoms with Crippen molar-refractivity contribution < 1.29 is 4.39 Å². The number of imidazole rings is 1. The zero-order valence-corrected chi connectivity index (χ0v) is 17.0. The molecule has 5 heterocycles. The first-order valence-electron chi connectivity index (χ1n) is 10.0. The molecule has 6 aromatic rings. The van der Waals surface area contributed by atoms with Crippen molar-refractivity contribution >= 4 is 22.1 Å². The Kier molecular flexibility index (Phi) is 4.04. The Labute approximate surface area is 181 Å². The SMILES string of the molecule is Cc1cc(F)cc(-c2ccnc3nc(-c4n[nH]c5cnc(-c6cccnc6)cc45)[nH]c23)c1. The standard InChI is InChI=1S/C24H16FN7/c1-13-7-15(9-16(25)8-13)17-4-6-27-23-21(17)29-24(30-23)22-18-10-19(14-3-2-5-26-11-14)28-12-20(18)31-32-22/h2-12H,1H3,(H,31,32)(H,27,29,30). The van der Waals surface area contributed by atoms with Crippen LogP contribution in [0, 0.1) is 12.7 Å². The van der Waals surface area contributed by atoms with Gasteiger partial charge in [0.05, 0.1) is 22.9 Å². The van der Waals surface area contributed by atoms with Crippen molar-refractivity contribution in [3.8, 4) is 33.9 Å². The summed E-state index contributed by atoms with van der Waals surface area (Å²) in [6.07, 6.45) is 6.92. The molecule has 0 aliphatic heterocycles. The smallest absolute Gasteiger partial charge is 0.178 e. The summed E-state index contributed by atoms with van der Waals surface area (Å²) in [6.45, 7) is 1.87. The molecule has 2 N–H and O–H groups in total. The summed E-state index contributed by atoms with van der Waals surface area (Å²) >= 11 is 0. The van der Waals surface area contributed by atoms with Gasteiger partial charge in [-0.25, -0.2) is 14.4 Å². The molecule has 0 bridgehead atoms. The lowest BCUT2D eigenvalue weighted by Crippen LogP contribution is -1.86. The zero-order valence-electron chi connectivity index (χ0n) is 17.0. The molecule has 0 aliphatic carbocycles. The van der Waals surface area contributed by atoms with Crippen molar-refractivity contribution in [2.24, 2.45) is 0 Å². The van der Waals surface area contributed by atoms with Crippen LogP contribution in [0.2, 0.25) is 0 Å². The lowest BCUT2D eigenvalue weighted by Gasteiger charge is -2.04. The fraction of sp³-hybridized carbons (Fsp3) is 0.0417. The normalized spacial score (nSPS) is 11.4. The molecular weight excluding hydrogens is 405 g/mol. The Morgan fingerprint density at radius 3 is 2.72 bits per heavy atom. The van der Waals surface area contributed by atoms with Gasteiger partial charge in [0.25, 0.3) is 0 Å². The maximum absolute atomic E-state index is 14.0. The quantitative estimate of drug-likeness (QED) is 0.416. The second-order valence-corrected chi connectivity index (χ2v) is 7.59. The summed E-state index contributed by atoms with van der Waals surface area (Å²) in [4.78, 5) is 21.1. The number of halogens is 1. The number of nitrogens with zero attached hydrogens (tertiary/aromatic N) is 5. The van der Waals surface area contributed by atoms with Crippen LogP contribution >= 0.6 is 0 Å². The van der Waals surface area contributed by atoms with Gasteiger partial charge < -0.3 is 4.98 Å². The first kappa shape index (κ1) is 18.3. The van der Waals surface area contributed by atoms with E-state index in [0.29, 0.717) is 17.2 Å². The maximum Gasteiger partial charge on any atom is 0.178 e. The zero-order chi connectivity index (χ0) is 21.7. The van der Waals surface area contributed by atoms with E-state index >= 15 is 0 Å². The Bertz CT molecular complexity index is 1580. The average Bonchev–Trinajstić information content (AvgIpc) is 3.42. The van der Waals surface area contributed by atoms with Crippen molar-refractivity contribution in [1.29, 1.82) is 0 Å². The number of benzene rings is 1. The highest BCUT2D eigenvalue weighted by Gasteiger charge is 2.17. The van der Waals surface area contributed by atoms with Crippen LogP contribution in [-0.2, 0) is 0 Å². The van der Waals surface area contributed by atoms with Crippen LogP contribution in [0.1, 0.15) is 5.56 Å². The fourth-order valence-corrected chi connectivity index (χ4v) is 3.92. The highest BCUT2D eigenvalue weighted by Crippen LogP contribution is 2.32. The van der Waals surface area contributed by atoms with Crippen LogP contribution < -0.4 is 0 Å².